The molecule has 1 aromatic carbocycles. The van der Waals surface area contributed by atoms with E-state index in [0.717, 1.165) is 30.1 Å². The lowest BCUT2D eigenvalue weighted by atomic mass is 10.1. The van der Waals surface area contributed by atoms with Crippen molar-refractivity contribution in [3.63, 3.8) is 0 Å². The van der Waals surface area contributed by atoms with Gasteiger partial charge in [0, 0.05) is 25.1 Å². The first-order chi connectivity index (χ1) is 13.8. The van der Waals surface area contributed by atoms with E-state index in [2.05, 4.69) is 30.8 Å². The highest BCUT2D eigenvalue weighted by molar-refractivity contribution is 5.76. The van der Waals surface area contributed by atoms with Crippen LogP contribution in [0.3, 0.4) is 0 Å². The van der Waals surface area contributed by atoms with Gasteiger partial charge in [-0.15, -0.1) is 0 Å². The Kier molecular flexibility index (Phi) is 5.03. The molecule has 1 aliphatic heterocycles. The molecule has 0 atom stereocenters. The first kappa shape index (κ1) is 17.8. The molecule has 2 aromatic heterocycles. The van der Waals surface area contributed by atoms with E-state index in [1.807, 2.05) is 30.3 Å². The SMILES string of the molecule is COc1cccc(OCC2CNC2)c1-c1cc(Nc2cnc(C#N)cn2)n[nH]1. The summed E-state index contributed by atoms with van der Waals surface area (Å²) in [7, 11) is 1.63. The number of benzene rings is 1. The smallest absolute Gasteiger partial charge is 0.158 e. The predicted molar refractivity (Wildman–Crippen MR) is 102 cm³/mol. The minimum Gasteiger partial charge on any atom is -0.496 e. The minimum absolute atomic E-state index is 0.255. The van der Waals surface area contributed by atoms with Gasteiger partial charge in [0.15, 0.2) is 11.5 Å². The van der Waals surface area contributed by atoms with Gasteiger partial charge in [-0.3, -0.25) is 5.10 Å². The predicted octanol–water partition coefficient (Wildman–Crippen LogP) is 2.09. The van der Waals surface area contributed by atoms with Crippen molar-refractivity contribution >= 4 is 11.6 Å². The molecule has 3 aromatic rings. The molecule has 0 amide bonds. The molecular weight excluding hydrogens is 358 g/mol. The Morgan fingerprint density at radius 3 is 2.75 bits per heavy atom. The fraction of sp³-hybridized carbons (Fsp3) is 0.263. The van der Waals surface area contributed by atoms with Gasteiger partial charge in [-0.25, -0.2) is 9.97 Å². The van der Waals surface area contributed by atoms with Crippen LogP contribution in [-0.4, -0.2) is 47.0 Å². The van der Waals surface area contributed by atoms with Gasteiger partial charge in [0.25, 0.3) is 0 Å². The van der Waals surface area contributed by atoms with Crippen LogP contribution in [0.4, 0.5) is 11.6 Å². The molecular formula is C19H19N7O2. The van der Waals surface area contributed by atoms with Crippen LogP contribution in [0.5, 0.6) is 11.5 Å². The normalized spacial score (nSPS) is 13.4. The number of hydrogen-bond donors (Lipinski definition) is 3. The van der Waals surface area contributed by atoms with Crippen LogP contribution < -0.4 is 20.1 Å². The third-order valence-corrected chi connectivity index (χ3v) is 4.42. The Balaban J connectivity index is 1.57. The standard InChI is InChI=1S/C19H19N7O2/c1-27-15-3-2-4-16(28-11-12-7-21-8-12)19(15)14-5-17(26-25-14)24-18-10-22-13(6-20)9-23-18/h2-5,9-10,12,21H,7-8,11H2,1H3,(H2,23,24,25,26). The van der Waals surface area contributed by atoms with Crippen LogP contribution in [0, 0.1) is 17.2 Å². The van der Waals surface area contributed by atoms with E-state index in [9.17, 15) is 0 Å². The molecule has 9 nitrogen and oxygen atoms in total. The molecule has 0 spiro atoms. The average Bonchev–Trinajstić information content (AvgIpc) is 3.15. The van der Waals surface area contributed by atoms with Crippen LogP contribution >= 0.6 is 0 Å². The summed E-state index contributed by atoms with van der Waals surface area (Å²) in [5.74, 6) is 3.00. The second kappa shape index (κ2) is 7.94. The molecule has 4 rings (SSSR count). The quantitative estimate of drug-likeness (QED) is 0.572. The van der Waals surface area contributed by atoms with Crippen molar-refractivity contribution in [1.82, 2.24) is 25.5 Å². The number of nitrogens with one attached hydrogen (secondary N) is 3. The summed E-state index contributed by atoms with van der Waals surface area (Å²) in [5.41, 5.74) is 1.82. The van der Waals surface area contributed by atoms with Gasteiger partial charge in [-0.1, -0.05) is 6.07 Å². The lowest BCUT2D eigenvalue weighted by Gasteiger charge is -2.27. The van der Waals surface area contributed by atoms with Gasteiger partial charge < -0.3 is 20.1 Å². The van der Waals surface area contributed by atoms with E-state index in [-0.39, 0.29) is 5.69 Å². The number of aromatic nitrogens is 4. The number of ether oxygens (including phenoxy) is 2. The summed E-state index contributed by atoms with van der Waals surface area (Å²) in [6, 6.07) is 9.48. The van der Waals surface area contributed by atoms with Crippen LogP contribution in [0.2, 0.25) is 0 Å². The number of methoxy groups -OCH3 is 1. The van der Waals surface area contributed by atoms with E-state index >= 15 is 0 Å². The summed E-state index contributed by atoms with van der Waals surface area (Å²) in [6.07, 6.45) is 2.88. The zero-order valence-electron chi connectivity index (χ0n) is 15.3. The van der Waals surface area contributed by atoms with Gasteiger partial charge in [0.2, 0.25) is 0 Å². The number of nitrogens with zero attached hydrogens (tertiary/aromatic N) is 4. The maximum absolute atomic E-state index is 8.80. The van der Waals surface area contributed by atoms with Crippen molar-refractivity contribution in [1.29, 1.82) is 5.26 Å². The van der Waals surface area contributed by atoms with E-state index in [4.69, 9.17) is 14.7 Å². The Bertz CT molecular complexity index is 990. The van der Waals surface area contributed by atoms with Crippen LogP contribution in [0.1, 0.15) is 5.69 Å². The fourth-order valence-electron chi connectivity index (χ4n) is 2.84. The van der Waals surface area contributed by atoms with Crippen molar-refractivity contribution in [2.24, 2.45) is 5.92 Å². The minimum atomic E-state index is 0.255. The van der Waals surface area contributed by atoms with Crippen molar-refractivity contribution < 1.29 is 9.47 Å². The van der Waals surface area contributed by atoms with Crippen molar-refractivity contribution in [2.75, 3.05) is 32.1 Å². The molecule has 0 aliphatic carbocycles. The molecule has 142 valence electrons. The Morgan fingerprint density at radius 2 is 2.07 bits per heavy atom. The molecule has 0 saturated carbocycles. The van der Waals surface area contributed by atoms with Crippen molar-refractivity contribution in [3.8, 4) is 28.8 Å². The molecule has 0 radical (unpaired) electrons. The summed E-state index contributed by atoms with van der Waals surface area (Å²) >= 11 is 0. The van der Waals surface area contributed by atoms with E-state index < -0.39 is 0 Å². The maximum Gasteiger partial charge on any atom is 0.158 e. The molecule has 3 heterocycles. The first-order valence-electron chi connectivity index (χ1n) is 8.82. The van der Waals surface area contributed by atoms with Gasteiger partial charge in [-0.05, 0) is 12.1 Å². The summed E-state index contributed by atoms with van der Waals surface area (Å²) in [5, 5.41) is 22.4. The summed E-state index contributed by atoms with van der Waals surface area (Å²) < 4.78 is 11.6. The molecule has 0 unspecified atom stereocenters. The lowest BCUT2D eigenvalue weighted by molar-refractivity contribution is 0.199. The molecule has 28 heavy (non-hydrogen) atoms. The zero-order chi connectivity index (χ0) is 19.3. The molecule has 1 aliphatic rings. The van der Waals surface area contributed by atoms with E-state index in [1.54, 1.807) is 7.11 Å². The third kappa shape index (κ3) is 3.72. The van der Waals surface area contributed by atoms with Crippen molar-refractivity contribution in [2.45, 2.75) is 0 Å². The second-order valence-corrected chi connectivity index (χ2v) is 6.36. The molecule has 1 fully saturated rings. The summed E-state index contributed by atoms with van der Waals surface area (Å²) in [6.45, 7) is 2.60. The average molecular weight is 377 g/mol. The number of aromatic amines is 1. The topological polar surface area (TPSA) is 121 Å². The highest BCUT2D eigenvalue weighted by atomic mass is 16.5. The van der Waals surface area contributed by atoms with Crippen LogP contribution in [-0.2, 0) is 0 Å². The Hall–Kier alpha value is -3.64. The van der Waals surface area contributed by atoms with Crippen LogP contribution in [0.15, 0.2) is 36.7 Å². The molecule has 3 N–H and O–H groups in total. The number of rotatable bonds is 7. The third-order valence-electron chi connectivity index (χ3n) is 4.42. The number of H-pyrrole nitrogens is 1. The van der Waals surface area contributed by atoms with Crippen LogP contribution in [0.25, 0.3) is 11.3 Å². The molecule has 0 bridgehead atoms. The second-order valence-electron chi connectivity index (χ2n) is 6.36. The summed E-state index contributed by atoms with van der Waals surface area (Å²) in [4.78, 5) is 8.12. The fourth-order valence-corrected chi connectivity index (χ4v) is 2.84. The van der Waals surface area contributed by atoms with E-state index in [1.165, 1.54) is 12.4 Å². The molecule has 9 heteroatoms. The largest absolute Gasteiger partial charge is 0.496 e. The number of anilines is 2. The Morgan fingerprint density at radius 1 is 1.21 bits per heavy atom. The zero-order valence-corrected chi connectivity index (χ0v) is 15.3. The lowest BCUT2D eigenvalue weighted by Crippen LogP contribution is -2.45. The monoisotopic (exact) mass is 377 g/mol. The highest BCUT2D eigenvalue weighted by Crippen LogP contribution is 2.38. The van der Waals surface area contributed by atoms with Gasteiger partial charge in [0.05, 0.1) is 37.4 Å². The number of hydrogen-bond acceptors (Lipinski definition) is 8. The van der Waals surface area contributed by atoms with E-state index in [0.29, 0.717) is 29.9 Å². The van der Waals surface area contributed by atoms with Gasteiger partial charge >= 0.3 is 0 Å². The van der Waals surface area contributed by atoms with Gasteiger partial charge in [0.1, 0.15) is 23.4 Å². The first-order valence-corrected chi connectivity index (χ1v) is 8.82. The number of nitriles is 1. The Labute approximate surface area is 161 Å². The maximum atomic E-state index is 8.80. The molecule has 1 saturated heterocycles. The van der Waals surface area contributed by atoms with Gasteiger partial charge in [-0.2, -0.15) is 10.4 Å². The van der Waals surface area contributed by atoms with Crippen molar-refractivity contribution in [3.05, 3.63) is 42.4 Å². The highest BCUT2D eigenvalue weighted by Gasteiger charge is 2.20.